The van der Waals surface area contributed by atoms with Gasteiger partial charge < -0.3 is 4.74 Å². The third-order valence-corrected chi connectivity index (χ3v) is 4.26. The van der Waals surface area contributed by atoms with Gasteiger partial charge in [0.1, 0.15) is 5.15 Å². The van der Waals surface area contributed by atoms with Crippen LogP contribution in [-0.2, 0) is 10.0 Å². The van der Waals surface area contributed by atoms with E-state index in [-0.39, 0.29) is 15.9 Å². The van der Waals surface area contributed by atoms with Crippen LogP contribution in [0.2, 0.25) is 5.15 Å². The number of hydrogen-bond acceptors (Lipinski definition) is 5. The van der Waals surface area contributed by atoms with E-state index in [1.165, 1.54) is 37.7 Å². The number of hydrogen-bond donors (Lipinski definition) is 1. The first-order chi connectivity index (χ1) is 9.42. The van der Waals surface area contributed by atoms with E-state index in [2.05, 4.69) is 30.6 Å². The van der Waals surface area contributed by atoms with Crippen LogP contribution in [-0.4, -0.2) is 25.5 Å². The van der Waals surface area contributed by atoms with Gasteiger partial charge in [0, 0.05) is 16.9 Å². The van der Waals surface area contributed by atoms with Crippen molar-refractivity contribution in [2.75, 3.05) is 11.8 Å². The van der Waals surface area contributed by atoms with E-state index in [1.807, 2.05) is 0 Å². The zero-order valence-electron chi connectivity index (χ0n) is 10.2. The molecule has 0 amide bonds. The Morgan fingerprint density at radius 2 is 2.10 bits per heavy atom. The average molecular weight is 379 g/mol. The molecular weight excluding hydrogens is 370 g/mol. The van der Waals surface area contributed by atoms with E-state index in [1.54, 1.807) is 0 Å². The van der Waals surface area contributed by atoms with Crippen LogP contribution in [0.4, 0.5) is 5.69 Å². The zero-order chi connectivity index (χ0) is 14.8. The van der Waals surface area contributed by atoms with Crippen molar-refractivity contribution in [3.63, 3.8) is 0 Å². The molecule has 2 heterocycles. The quantitative estimate of drug-likeness (QED) is 0.827. The van der Waals surface area contributed by atoms with Gasteiger partial charge in [-0.15, -0.1) is 0 Å². The summed E-state index contributed by atoms with van der Waals surface area (Å²) < 4.78 is 32.5. The molecule has 9 heteroatoms. The molecule has 0 aromatic carbocycles. The lowest BCUT2D eigenvalue weighted by Gasteiger charge is -2.11. The molecule has 0 radical (unpaired) electrons. The van der Waals surface area contributed by atoms with E-state index in [0.29, 0.717) is 10.2 Å². The van der Waals surface area contributed by atoms with Gasteiger partial charge in [-0.2, -0.15) is 0 Å². The number of nitrogens with zero attached hydrogens (tertiary/aromatic N) is 2. The third-order valence-electron chi connectivity index (χ3n) is 2.25. The van der Waals surface area contributed by atoms with Crippen LogP contribution in [0.5, 0.6) is 5.88 Å². The Balaban J connectivity index is 2.43. The van der Waals surface area contributed by atoms with Gasteiger partial charge in [-0.25, -0.2) is 18.4 Å². The molecule has 20 heavy (non-hydrogen) atoms. The van der Waals surface area contributed by atoms with Crippen LogP contribution >= 0.6 is 27.5 Å². The minimum Gasteiger partial charge on any atom is -0.480 e. The van der Waals surface area contributed by atoms with E-state index in [0.717, 1.165) is 0 Å². The first-order valence-corrected chi connectivity index (χ1v) is 7.92. The highest BCUT2D eigenvalue weighted by molar-refractivity contribution is 9.10. The Morgan fingerprint density at radius 3 is 2.75 bits per heavy atom. The van der Waals surface area contributed by atoms with Gasteiger partial charge in [0.2, 0.25) is 5.88 Å². The Bertz CT molecular complexity index is 739. The summed E-state index contributed by atoms with van der Waals surface area (Å²) in [4.78, 5) is 7.59. The normalized spacial score (nSPS) is 11.2. The number of rotatable bonds is 4. The summed E-state index contributed by atoms with van der Waals surface area (Å²) >= 11 is 8.89. The summed E-state index contributed by atoms with van der Waals surface area (Å²) in [6.07, 6.45) is 2.84. The number of halogens is 2. The summed E-state index contributed by atoms with van der Waals surface area (Å²) in [6.45, 7) is 0. The van der Waals surface area contributed by atoms with Gasteiger partial charge in [-0.05, 0) is 34.1 Å². The minimum atomic E-state index is -3.85. The first-order valence-electron chi connectivity index (χ1n) is 5.26. The molecule has 0 aliphatic rings. The lowest BCUT2D eigenvalue weighted by atomic mass is 10.4. The molecule has 0 spiro atoms. The number of nitrogens with one attached hydrogen (secondary N) is 1. The molecular formula is C11H9BrClN3O3S. The molecule has 2 aromatic rings. The lowest BCUT2D eigenvalue weighted by Crippen LogP contribution is -2.14. The van der Waals surface area contributed by atoms with Crippen molar-refractivity contribution in [1.82, 2.24) is 9.97 Å². The van der Waals surface area contributed by atoms with Crippen molar-refractivity contribution >= 4 is 43.2 Å². The fourth-order valence-corrected chi connectivity index (χ4v) is 3.28. The van der Waals surface area contributed by atoms with E-state index < -0.39 is 10.0 Å². The highest BCUT2D eigenvalue weighted by Crippen LogP contribution is 2.26. The van der Waals surface area contributed by atoms with Gasteiger partial charge in [0.15, 0.2) is 4.90 Å². The second-order valence-electron chi connectivity index (χ2n) is 3.63. The Morgan fingerprint density at radius 1 is 1.35 bits per heavy atom. The van der Waals surface area contributed by atoms with E-state index >= 15 is 0 Å². The predicted molar refractivity (Wildman–Crippen MR) is 78.5 cm³/mol. The summed E-state index contributed by atoms with van der Waals surface area (Å²) in [6, 6.07) is 4.29. The summed E-state index contributed by atoms with van der Waals surface area (Å²) in [5, 5.41) is 0.185. The fourth-order valence-electron chi connectivity index (χ4n) is 1.43. The van der Waals surface area contributed by atoms with Crippen molar-refractivity contribution in [3.05, 3.63) is 40.2 Å². The fraction of sp³-hybridized carbons (Fsp3) is 0.0909. The van der Waals surface area contributed by atoms with Gasteiger partial charge in [0.25, 0.3) is 10.0 Å². The largest absolute Gasteiger partial charge is 0.480 e. The van der Waals surface area contributed by atoms with Gasteiger partial charge in [-0.1, -0.05) is 11.6 Å². The molecule has 2 aromatic heterocycles. The Hall–Kier alpha value is -1.38. The van der Waals surface area contributed by atoms with Crippen molar-refractivity contribution in [3.8, 4) is 5.88 Å². The topological polar surface area (TPSA) is 81.2 Å². The zero-order valence-corrected chi connectivity index (χ0v) is 13.3. The maximum atomic E-state index is 12.3. The maximum Gasteiger partial charge on any atom is 0.267 e. The van der Waals surface area contributed by atoms with E-state index in [9.17, 15) is 8.42 Å². The monoisotopic (exact) mass is 377 g/mol. The van der Waals surface area contributed by atoms with E-state index in [4.69, 9.17) is 16.3 Å². The molecule has 0 atom stereocenters. The SMILES string of the molecule is COc1ncc(Br)cc1S(=O)(=O)Nc1ccnc(Cl)c1. The number of sulfonamides is 1. The van der Waals surface area contributed by atoms with Gasteiger partial charge in [-0.3, -0.25) is 4.72 Å². The second kappa shape index (κ2) is 5.94. The highest BCUT2D eigenvalue weighted by atomic mass is 79.9. The molecule has 0 unspecified atom stereocenters. The smallest absolute Gasteiger partial charge is 0.267 e. The molecule has 0 aliphatic carbocycles. The van der Waals surface area contributed by atoms with Gasteiger partial charge >= 0.3 is 0 Å². The number of aromatic nitrogens is 2. The molecule has 106 valence electrons. The van der Waals surface area contributed by atoms with Crippen LogP contribution in [0, 0.1) is 0 Å². The Labute approximate surface area is 129 Å². The lowest BCUT2D eigenvalue weighted by molar-refractivity contribution is 0.385. The molecule has 1 N–H and O–H groups in total. The molecule has 6 nitrogen and oxygen atoms in total. The molecule has 2 rings (SSSR count). The van der Waals surface area contributed by atoms with Crippen LogP contribution in [0.3, 0.4) is 0 Å². The third kappa shape index (κ3) is 3.38. The van der Waals surface area contributed by atoms with Crippen LogP contribution in [0.25, 0.3) is 0 Å². The minimum absolute atomic E-state index is 0.000790. The summed E-state index contributed by atoms with van der Waals surface area (Å²) in [5.74, 6) is 0.000790. The number of methoxy groups -OCH3 is 1. The van der Waals surface area contributed by atoms with Crippen molar-refractivity contribution < 1.29 is 13.2 Å². The molecule has 0 saturated carbocycles. The first kappa shape index (κ1) is 15.0. The van der Waals surface area contributed by atoms with Crippen LogP contribution in [0.15, 0.2) is 40.0 Å². The van der Waals surface area contributed by atoms with Crippen molar-refractivity contribution in [1.29, 1.82) is 0 Å². The summed E-state index contributed by atoms with van der Waals surface area (Å²) in [5.41, 5.74) is 0.298. The predicted octanol–water partition coefficient (Wildman–Crippen LogP) is 2.70. The molecule has 0 aliphatic heterocycles. The second-order valence-corrected chi connectivity index (χ2v) is 6.59. The van der Waals surface area contributed by atoms with Crippen LogP contribution < -0.4 is 9.46 Å². The average Bonchev–Trinajstić information content (AvgIpc) is 2.38. The van der Waals surface area contributed by atoms with Crippen molar-refractivity contribution in [2.24, 2.45) is 0 Å². The molecule has 0 saturated heterocycles. The number of pyridine rings is 2. The standard InChI is InChI=1S/C11H9BrClN3O3S/c1-19-11-9(4-7(12)6-15-11)20(17,18)16-8-2-3-14-10(13)5-8/h2-6H,1H3,(H,14,16). The molecule has 0 bridgehead atoms. The highest BCUT2D eigenvalue weighted by Gasteiger charge is 2.21. The number of anilines is 1. The Kier molecular flexibility index (Phi) is 4.46. The number of ether oxygens (including phenoxy) is 1. The maximum absolute atomic E-state index is 12.3. The summed E-state index contributed by atoms with van der Waals surface area (Å²) in [7, 11) is -2.50. The van der Waals surface area contributed by atoms with Gasteiger partial charge in [0.05, 0.1) is 12.8 Å². The molecule has 0 fully saturated rings. The van der Waals surface area contributed by atoms with Crippen LogP contribution in [0.1, 0.15) is 0 Å². The van der Waals surface area contributed by atoms with Crippen molar-refractivity contribution in [2.45, 2.75) is 4.90 Å².